The van der Waals surface area contributed by atoms with E-state index in [1.54, 1.807) is 25.1 Å². The Kier molecular flexibility index (Phi) is 16.3. The van der Waals surface area contributed by atoms with Crippen molar-refractivity contribution < 1.29 is 58.1 Å². The topological polar surface area (TPSA) is 191 Å². The summed E-state index contributed by atoms with van der Waals surface area (Å²) in [6.45, 7) is 9.85. The number of benzene rings is 2. The van der Waals surface area contributed by atoms with Gasteiger partial charge >= 0.3 is 5.97 Å². The average Bonchev–Trinajstić information content (AvgIpc) is 3.10. The first-order chi connectivity index (χ1) is 24.1. The molecule has 1 saturated heterocycles. The van der Waals surface area contributed by atoms with E-state index in [9.17, 15) is 29.7 Å². The van der Waals surface area contributed by atoms with Crippen molar-refractivity contribution in [3.63, 3.8) is 0 Å². The average molecular weight is 719 g/mol. The first kappa shape index (κ1) is 41.8. The number of ether oxygens (including phenoxy) is 6. The number of aliphatic hydroxyl groups is 3. The van der Waals surface area contributed by atoms with Crippen LogP contribution in [0.1, 0.15) is 64.2 Å². The van der Waals surface area contributed by atoms with E-state index in [0.717, 1.165) is 11.1 Å². The Labute approximate surface area is 299 Å². The summed E-state index contributed by atoms with van der Waals surface area (Å²) in [7, 11) is 1.36. The van der Waals surface area contributed by atoms with Crippen LogP contribution in [0.25, 0.3) is 11.1 Å². The number of hydrogen-bond donors (Lipinski definition) is 5. The molecule has 1 aliphatic rings. The van der Waals surface area contributed by atoms with Crippen LogP contribution >= 0.6 is 0 Å². The number of carbonyl (C=O) groups excluding carboxylic acids is 3. The molecular weight excluding hydrogens is 664 g/mol. The van der Waals surface area contributed by atoms with Crippen molar-refractivity contribution >= 4 is 17.8 Å². The lowest BCUT2D eigenvalue weighted by molar-refractivity contribution is -0.294. The van der Waals surface area contributed by atoms with Gasteiger partial charge in [-0.2, -0.15) is 0 Å². The van der Waals surface area contributed by atoms with Crippen LogP contribution in [0.2, 0.25) is 0 Å². The van der Waals surface area contributed by atoms with Crippen LogP contribution in [0.5, 0.6) is 5.75 Å². The van der Waals surface area contributed by atoms with E-state index in [1.807, 2.05) is 58.0 Å². The fraction of sp³-hybridized carbons (Fsp3) is 0.595. The van der Waals surface area contributed by atoms with Crippen molar-refractivity contribution in [1.82, 2.24) is 10.6 Å². The second kappa shape index (κ2) is 19.8. The lowest BCUT2D eigenvalue weighted by Crippen LogP contribution is -2.57. The minimum absolute atomic E-state index is 0.0591. The van der Waals surface area contributed by atoms with Gasteiger partial charge in [0, 0.05) is 30.7 Å². The van der Waals surface area contributed by atoms with Gasteiger partial charge in [-0.05, 0) is 76.8 Å². The number of hydrogen-bond acceptors (Lipinski definition) is 12. The van der Waals surface area contributed by atoms with E-state index in [2.05, 4.69) is 10.6 Å². The van der Waals surface area contributed by atoms with E-state index in [4.69, 9.17) is 28.4 Å². The highest BCUT2D eigenvalue weighted by Crippen LogP contribution is 2.27. The highest BCUT2D eigenvalue weighted by molar-refractivity contribution is 5.96. The molecule has 0 saturated carbocycles. The zero-order chi connectivity index (χ0) is 37.6. The number of methoxy groups -OCH3 is 1. The third-order valence-corrected chi connectivity index (χ3v) is 8.36. The number of rotatable bonds is 20. The predicted octanol–water partition coefficient (Wildman–Crippen LogP) is 2.36. The molecule has 0 spiro atoms. The van der Waals surface area contributed by atoms with Gasteiger partial charge in [-0.15, -0.1) is 0 Å². The quantitative estimate of drug-likeness (QED) is 0.0994. The predicted molar refractivity (Wildman–Crippen MR) is 187 cm³/mol. The zero-order valence-electron chi connectivity index (χ0n) is 30.4. The Balaban J connectivity index is 1.48. The largest absolute Gasteiger partial charge is 0.484 e. The second-order valence-corrected chi connectivity index (χ2v) is 13.7. The molecule has 1 aliphatic heterocycles. The molecule has 0 bridgehead atoms. The normalized spacial score (nSPS) is 20.8. The van der Waals surface area contributed by atoms with Gasteiger partial charge in [-0.1, -0.05) is 30.3 Å². The van der Waals surface area contributed by atoms with Crippen LogP contribution in [0.4, 0.5) is 0 Å². The van der Waals surface area contributed by atoms with Crippen LogP contribution in [0.3, 0.4) is 0 Å². The minimum atomic E-state index is -1.39. The Morgan fingerprint density at radius 1 is 0.863 bits per heavy atom. The maximum Gasteiger partial charge on any atom is 0.305 e. The smallest absolute Gasteiger partial charge is 0.305 e. The first-order valence-electron chi connectivity index (χ1n) is 17.1. The molecule has 2 aromatic rings. The van der Waals surface area contributed by atoms with E-state index in [0.29, 0.717) is 30.8 Å². The molecule has 5 atom stereocenters. The number of nitrogens with one attached hydrogen (secondary N) is 2. The van der Waals surface area contributed by atoms with Crippen LogP contribution in [-0.2, 0) is 33.3 Å². The molecule has 0 aromatic heterocycles. The first-order valence-corrected chi connectivity index (χ1v) is 17.1. The summed E-state index contributed by atoms with van der Waals surface area (Å²) >= 11 is 0. The van der Waals surface area contributed by atoms with Crippen LogP contribution < -0.4 is 15.4 Å². The van der Waals surface area contributed by atoms with Gasteiger partial charge in [0.25, 0.3) is 11.8 Å². The summed E-state index contributed by atoms with van der Waals surface area (Å²) in [5.74, 6) is -0.648. The third kappa shape index (κ3) is 14.1. The lowest BCUT2D eigenvalue weighted by Gasteiger charge is -2.38. The van der Waals surface area contributed by atoms with Crippen molar-refractivity contribution in [2.24, 2.45) is 0 Å². The molecule has 1 fully saturated rings. The second-order valence-electron chi connectivity index (χ2n) is 13.7. The summed E-state index contributed by atoms with van der Waals surface area (Å²) < 4.78 is 32.8. The van der Waals surface area contributed by atoms with Crippen molar-refractivity contribution in [1.29, 1.82) is 0 Å². The Morgan fingerprint density at radius 2 is 1.59 bits per heavy atom. The van der Waals surface area contributed by atoms with E-state index >= 15 is 0 Å². The molecule has 284 valence electrons. The third-order valence-electron chi connectivity index (χ3n) is 8.36. The van der Waals surface area contributed by atoms with Gasteiger partial charge in [0.05, 0.1) is 38.6 Å². The van der Waals surface area contributed by atoms with Crippen molar-refractivity contribution in [3.05, 3.63) is 54.1 Å². The lowest BCUT2D eigenvalue weighted by atomic mass is 9.98. The maximum atomic E-state index is 13.5. The molecule has 0 unspecified atom stereocenters. The SMILES string of the molecule is COC(=O)CCC(C)(C)OCCC(C)(C)NC(=O)c1cc(OCC(=O)NCCOCCO[C@@H]2O[C@@H](C)[C@H](O)[C@@H](O)[C@H]2O)cc(-c2ccccc2)c1. The summed E-state index contributed by atoms with van der Waals surface area (Å²) in [4.78, 5) is 37.6. The van der Waals surface area contributed by atoms with Gasteiger partial charge in [-0.3, -0.25) is 14.4 Å². The molecule has 51 heavy (non-hydrogen) atoms. The number of carbonyl (C=O) groups is 3. The molecule has 0 aliphatic carbocycles. The molecule has 14 nitrogen and oxygen atoms in total. The Bertz CT molecular complexity index is 1400. The van der Waals surface area contributed by atoms with Crippen molar-refractivity contribution in [3.8, 4) is 16.9 Å². The highest BCUT2D eigenvalue weighted by Gasteiger charge is 2.42. The van der Waals surface area contributed by atoms with Crippen molar-refractivity contribution in [2.45, 2.75) is 95.7 Å². The standard InChI is InChI=1S/C37H54N2O12/c1-24-31(42)32(43)33(44)35(51-24)48-19-18-47-17-15-38-29(40)23-49-28-21-26(25-10-8-7-9-11-25)20-27(22-28)34(45)39-36(2,3)14-16-50-37(4,5)13-12-30(41)46-6/h7-11,20-22,24,31-33,35,42-44H,12-19,23H2,1-6H3,(H,38,40)(H,39,45)/t24-,31-,32+,33+,35+/m0/s1. The van der Waals surface area contributed by atoms with Gasteiger partial charge in [0.15, 0.2) is 12.9 Å². The van der Waals surface area contributed by atoms with Gasteiger partial charge in [-0.25, -0.2) is 0 Å². The summed E-state index contributed by atoms with van der Waals surface area (Å²) in [5.41, 5.74) is 0.821. The van der Waals surface area contributed by atoms with Crippen LogP contribution in [-0.4, -0.2) is 122 Å². The fourth-order valence-electron chi connectivity index (χ4n) is 5.15. The van der Waals surface area contributed by atoms with E-state index in [1.165, 1.54) is 7.11 Å². The van der Waals surface area contributed by atoms with Gasteiger partial charge in [0.2, 0.25) is 0 Å². The molecular formula is C37H54N2O12. The minimum Gasteiger partial charge on any atom is -0.484 e. The Hall–Kier alpha value is -3.63. The molecule has 2 aromatic carbocycles. The zero-order valence-corrected chi connectivity index (χ0v) is 30.4. The Morgan fingerprint density at radius 3 is 2.29 bits per heavy atom. The van der Waals surface area contributed by atoms with Gasteiger partial charge < -0.3 is 54.4 Å². The van der Waals surface area contributed by atoms with Crippen LogP contribution in [0.15, 0.2) is 48.5 Å². The summed E-state index contributed by atoms with van der Waals surface area (Å²) in [5, 5.41) is 35.4. The number of amides is 2. The molecule has 3 rings (SSSR count). The number of aliphatic hydroxyl groups excluding tert-OH is 3. The van der Waals surface area contributed by atoms with Crippen LogP contribution in [0, 0.1) is 0 Å². The van der Waals surface area contributed by atoms with E-state index in [-0.39, 0.29) is 57.2 Å². The fourth-order valence-corrected chi connectivity index (χ4v) is 5.15. The summed E-state index contributed by atoms with van der Waals surface area (Å²) in [6.07, 6.45) is -4.50. The molecule has 14 heteroatoms. The van der Waals surface area contributed by atoms with Gasteiger partial charge in [0.1, 0.15) is 24.1 Å². The number of esters is 1. The summed E-state index contributed by atoms with van der Waals surface area (Å²) in [6, 6.07) is 14.6. The van der Waals surface area contributed by atoms with E-state index < -0.39 is 41.8 Å². The molecule has 1 heterocycles. The highest BCUT2D eigenvalue weighted by atomic mass is 16.7. The monoisotopic (exact) mass is 718 g/mol. The molecule has 2 amide bonds. The maximum absolute atomic E-state index is 13.5. The molecule has 5 N–H and O–H groups in total. The van der Waals surface area contributed by atoms with Crippen molar-refractivity contribution in [2.75, 3.05) is 46.7 Å². The molecule has 0 radical (unpaired) electrons.